The van der Waals surface area contributed by atoms with E-state index >= 15 is 0 Å². The van der Waals surface area contributed by atoms with E-state index < -0.39 is 0 Å². The minimum Gasteiger partial charge on any atom is -0.298 e. The number of thiazole rings is 1. The Hall–Kier alpha value is -3.03. The van der Waals surface area contributed by atoms with E-state index in [4.69, 9.17) is 11.6 Å². The maximum atomic E-state index is 12.4. The van der Waals surface area contributed by atoms with Gasteiger partial charge >= 0.3 is 0 Å². The van der Waals surface area contributed by atoms with E-state index in [0.717, 1.165) is 16.9 Å². The molecule has 26 heavy (non-hydrogen) atoms. The molecule has 0 bridgehead atoms. The molecule has 1 amide bonds. The number of anilines is 1. The van der Waals surface area contributed by atoms with Crippen molar-refractivity contribution in [2.24, 2.45) is 0 Å². The molecule has 2 heterocycles. The van der Waals surface area contributed by atoms with Crippen LogP contribution in [-0.2, 0) is 0 Å². The second-order valence-electron chi connectivity index (χ2n) is 5.39. The average molecular weight is 382 g/mol. The number of carbonyl (C=O) groups excluding carboxylic acids is 1. The molecule has 4 rings (SSSR count). The van der Waals surface area contributed by atoms with Crippen LogP contribution < -0.4 is 5.32 Å². The summed E-state index contributed by atoms with van der Waals surface area (Å²) in [6, 6.07) is 14.5. The number of hydrogen-bond acceptors (Lipinski definition) is 5. The number of hydrogen-bond donors (Lipinski definition) is 1. The third-order valence-corrected chi connectivity index (χ3v) is 4.69. The number of nitrogens with one attached hydrogen (secondary N) is 1. The van der Waals surface area contributed by atoms with Crippen molar-refractivity contribution in [1.29, 1.82) is 0 Å². The SMILES string of the molecule is O=C(Nc1nc(-c2ccc(Cl)cc2)cs1)c1ccc(-n2cncn2)cc1. The lowest BCUT2D eigenvalue weighted by molar-refractivity contribution is 0.102. The normalized spacial score (nSPS) is 10.7. The minimum absolute atomic E-state index is 0.216. The van der Waals surface area contributed by atoms with E-state index in [1.165, 1.54) is 17.7 Å². The molecule has 4 aromatic rings. The van der Waals surface area contributed by atoms with E-state index in [1.807, 2.05) is 41.8 Å². The lowest BCUT2D eigenvalue weighted by Gasteiger charge is -2.04. The summed E-state index contributed by atoms with van der Waals surface area (Å²) < 4.78 is 1.63. The Bertz CT molecular complexity index is 1030. The Morgan fingerprint density at radius 1 is 1.08 bits per heavy atom. The minimum atomic E-state index is -0.216. The molecule has 6 nitrogen and oxygen atoms in total. The highest BCUT2D eigenvalue weighted by Crippen LogP contribution is 2.26. The van der Waals surface area contributed by atoms with Crippen molar-refractivity contribution in [1.82, 2.24) is 19.7 Å². The monoisotopic (exact) mass is 381 g/mol. The Labute approximate surface area is 158 Å². The number of aromatic nitrogens is 4. The summed E-state index contributed by atoms with van der Waals surface area (Å²) in [5.74, 6) is -0.216. The van der Waals surface area contributed by atoms with Gasteiger partial charge < -0.3 is 0 Å². The molecule has 2 aromatic heterocycles. The van der Waals surface area contributed by atoms with E-state index in [9.17, 15) is 4.79 Å². The van der Waals surface area contributed by atoms with Crippen LogP contribution in [0, 0.1) is 0 Å². The highest BCUT2D eigenvalue weighted by Gasteiger charge is 2.10. The van der Waals surface area contributed by atoms with E-state index in [2.05, 4.69) is 20.4 Å². The number of carbonyl (C=O) groups is 1. The van der Waals surface area contributed by atoms with Crippen LogP contribution in [0.25, 0.3) is 16.9 Å². The molecule has 8 heteroatoms. The summed E-state index contributed by atoms with van der Waals surface area (Å²) in [5, 5.41) is 9.99. The van der Waals surface area contributed by atoms with Crippen LogP contribution in [0.15, 0.2) is 66.6 Å². The van der Waals surface area contributed by atoms with Gasteiger partial charge in [0.25, 0.3) is 5.91 Å². The number of halogens is 1. The molecule has 0 aliphatic rings. The Morgan fingerprint density at radius 2 is 1.85 bits per heavy atom. The van der Waals surface area contributed by atoms with Crippen molar-refractivity contribution in [2.45, 2.75) is 0 Å². The molecule has 0 saturated heterocycles. The number of nitrogens with zero attached hydrogens (tertiary/aromatic N) is 4. The molecular formula is C18H12ClN5OS. The highest BCUT2D eigenvalue weighted by molar-refractivity contribution is 7.14. The quantitative estimate of drug-likeness (QED) is 0.572. The number of rotatable bonds is 4. The summed E-state index contributed by atoms with van der Waals surface area (Å²) in [4.78, 5) is 20.8. The zero-order valence-electron chi connectivity index (χ0n) is 13.3. The predicted molar refractivity (Wildman–Crippen MR) is 102 cm³/mol. The number of benzene rings is 2. The van der Waals surface area contributed by atoms with Crippen LogP contribution in [0.2, 0.25) is 5.02 Å². The maximum absolute atomic E-state index is 12.4. The van der Waals surface area contributed by atoms with Gasteiger partial charge in [-0.25, -0.2) is 14.6 Å². The van der Waals surface area contributed by atoms with Crippen LogP contribution >= 0.6 is 22.9 Å². The van der Waals surface area contributed by atoms with Gasteiger partial charge in [0.15, 0.2) is 5.13 Å². The molecule has 0 unspecified atom stereocenters. The Balaban J connectivity index is 1.47. The maximum Gasteiger partial charge on any atom is 0.257 e. The van der Waals surface area contributed by atoms with E-state index in [-0.39, 0.29) is 5.91 Å². The van der Waals surface area contributed by atoms with Gasteiger partial charge in [-0.15, -0.1) is 11.3 Å². The molecule has 0 aliphatic carbocycles. The third kappa shape index (κ3) is 3.49. The Kier molecular flexibility index (Phi) is 4.47. The molecule has 0 radical (unpaired) electrons. The van der Waals surface area contributed by atoms with Crippen LogP contribution in [0.5, 0.6) is 0 Å². The van der Waals surface area contributed by atoms with Gasteiger partial charge in [-0.1, -0.05) is 23.7 Å². The fraction of sp³-hybridized carbons (Fsp3) is 0. The molecule has 1 N–H and O–H groups in total. The Morgan fingerprint density at radius 3 is 2.54 bits per heavy atom. The van der Waals surface area contributed by atoms with E-state index in [1.54, 1.807) is 23.1 Å². The van der Waals surface area contributed by atoms with Crippen LogP contribution in [0.3, 0.4) is 0 Å². The van der Waals surface area contributed by atoms with E-state index in [0.29, 0.717) is 15.7 Å². The average Bonchev–Trinajstić information content (AvgIpc) is 3.35. The van der Waals surface area contributed by atoms with Crippen molar-refractivity contribution in [3.05, 3.63) is 77.2 Å². The van der Waals surface area contributed by atoms with Gasteiger partial charge in [0, 0.05) is 21.5 Å². The summed E-state index contributed by atoms with van der Waals surface area (Å²) in [6.45, 7) is 0. The lowest BCUT2D eigenvalue weighted by atomic mass is 10.2. The first kappa shape index (κ1) is 16.4. The fourth-order valence-electron chi connectivity index (χ4n) is 2.36. The van der Waals surface area contributed by atoms with Crippen molar-refractivity contribution >= 4 is 34.0 Å². The van der Waals surface area contributed by atoms with Crippen LogP contribution in [-0.4, -0.2) is 25.7 Å². The molecule has 0 aliphatic heterocycles. The molecule has 0 saturated carbocycles. The molecule has 0 fully saturated rings. The molecule has 0 spiro atoms. The first-order chi connectivity index (χ1) is 12.7. The van der Waals surface area contributed by atoms with Gasteiger partial charge in [0.1, 0.15) is 12.7 Å². The van der Waals surface area contributed by atoms with Crippen molar-refractivity contribution in [3.8, 4) is 16.9 Å². The van der Waals surface area contributed by atoms with Gasteiger partial charge in [0.05, 0.1) is 11.4 Å². The van der Waals surface area contributed by atoms with Crippen molar-refractivity contribution in [3.63, 3.8) is 0 Å². The summed E-state index contributed by atoms with van der Waals surface area (Å²) in [5.41, 5.74) is 3.11. The molecular weight excluding hydrogens is 370 g/mol. The van der Waals surface area contributed by atoms with Gasteiger partial charge in [-0.2, -0.15) is 5.10 Å². The lowest BCUT2D eigenvalue weighted by Crippen LogP contribution is -2.11. The smallest absolute Gasteiger partial charge is 0.257 e. The fourth-order valence-corrected chi connectivity index (χ4v) is 3.20. The molecule has 0 atom stereocenters. The summed E-state index contributed by atoms with van der Waals surface area (Å²) in [7, 11) is 0. The third-order valence-electron chi connectivity index (χ3n) is 3.68. The first-order valence-electron chi connectivity index (χ1n) is 7.67. The van der Waals surface area contributed by atoms with Gasteiger partial charge in [-0.05, 0) is 36.4 Å². The first-order valence-corrected chi connectivity index (χ1v) is 8.93. The molecule has 128 valence electrons. The second kappa shape index (κ2) is 7.07. The van der Waals surface area contributed by atoms with Gasteiger partial charge in [0.2, 0.25) is 0 Å². The predicted octanol–water partition coefficient (Wildman–Crippen LogP) is 4.30. The zero-order valence-corrected chi connectivity index (χ0v) is 14.9. The summed E-state index contributed by atoms with van der Waals surface area (Å²) >= 11 is 7.28. The largest absolute Gasteiger partial charge is 0.298 e. The zero-order chi connectivity index (χ0) is 17.9. The van der Waals surface area contributed by atoms with Crippen molar-refractivity contribution < 1.29 is 4.79 Å². The topological polar surface area (TPSA) is 72.7 Å². The standard InChI is InChI=1S/C18H12ClN5OS/c19-14-5-1-12(2-6-14)16-9-26-18(22-16)23-17(25)13-3-7-15(8-4-13)24-11-20-10-21-24/h1-11H,(H,22,23,25). The van der Waals surface area contributed by atoms with Crippen LogP contribution in [0.1, 0.15) is 10.4 Å². The van der Waals surface area contributed by atoms with Crippen molar-refractivity contribution in [2.75, 3.05) is 5.32 Å². The number of amides is 1. The second-order valence-corrected chi connectivity index (χ2v) is 6.68. The summed E-state index contributed by atoms with van der Waals surface area (Å²) in [6.07, 6.45) is 3.06. The van der Waals surface area contributed by atoms with Gasteiger partial charge in [-0.3, -0.25) is 10.1 Å². The highest BCUT2D eigenvalue weighted by atomic mass is 35.5. The molecule has 2 aromatic carbocycles. The van der Waals surface area contributed by atoms with Crippen LogP contribution in [0.4, 0.5) is 5.13 Å².